The summed E-state index contributed by atoms with van der Waals surface area (Å²) in [6, 6.07) is 20.7. The van der Waals surface area contributed by atoms with Crippen LogP contribution in [-0.4, -0.2) is 48.6 Å². The number of thioether (sulfide) groups is 1. The van der Waals surface area contributed by atoms with E-state index >= 15 is 0 Å². The quantitative estimate of drug-likeness (QED) is 0.134. The number of carbonyl (C=O) groups is 1. The van der Waals surface area contributed by atoms with E-state index in [0.717, 1.165) is 43.0 Å². The number of carbonyl (C=O) groups excluding carboxylic acids is 1. The number of halogens is 3. The number of benzene rings is 3. The zero-order chi connectivity index (χ0) is 33.0. The van der Waals surface area contributed by atoms with Crippen LogP contribution in [0.5, 0.6) is 0 Å². The van der Waals surface area contributed by atoms with Crippen LogP contribution in [-0.2, 0) is 16.2 Å². The van der Waals surface area contributed by atoms with Gasteiger partial charge in [0.05, 0.1) is 21.1 Å². The number of rotatable bonds is 10. The average molecular weight is 672 g/mol. The van der Waals surface area contributed by atoms with E-state index in [4.69, 9.17) is 0 Å². The third-order valence-corrected chi connectivity index (χ3v) is 10.3. The molecule has 0 radical (unpaired) electrons. The minimum atomic E-state index is -4.53. The number of amides is 1. The molecule has 15 heteroatoms. The predicted molar refractivity (Wildman–Crippen MR) is 168 cm³/mol. The summed E-state index contributed by atoms with van der Waals surface area (Å²) in [5.41, 5.74) is -0.658. The molecule has 46 heavy (non-hydrogen) atoms. The van der Waals surface area contributed by atoms with Crippen LogP contribution in [0.4, 0.5) is 24.5 Å². The number of anilines is 1. The van der Waals surface area contributed by atoms with E-state index in [1.165, 1.54) is 42.5 Å². The Morgan fingerprint density at radius 1 is 1.00 bits per heavy atom. The van der Waals surface area contributed by atoms with Crippen molar-refractivity contribution in [3.63, 3.8) is 0 Å². The SMILES string of the molecule is O=C(NS(=O)(=O)c1ccc(NCC2(Sc3ccccc3)CCNCC2)c([N+](=O)[O-])c1)c1ccc(-c2ccc(C(F)(F)F)cn2)cc1. The summed E-state index contributed by atoms with van der Waals surface area (Å²) in [6.45, 7) is 1.97. The Balaban J connectivity index is 1.29. The number of nitro benzene ring substituents is 1. The van der Waals surface area contributed by atoms with E-state index in [1.54, 1.807) is 11.8 Å². The average Bonchev–Trinajstić information content (AvgIpc) is 3.04. The van der Waals surface area contributed by atoms with Gasteiger partial charge in [-0.25, -0.2) is 13.1 Å². The molecule has 1 aliphatic rings. The Bertz CT molecular complexity index is 1820. The normalized spacial score (nSPS) is 14.8. The van der Waals surface area contributed by atoms with Gasteiger partial charge in [0.25, 0.3) is 21.6 Å². The molecule has 4 aromatic rings. The topological polar surface area (TPSA) is 143 Å². The maximum absolute atomic E-state index is 13.1. The molecule has 2 heterocycles. The lowest BCUT2D eigenvalue weighted by molar-refractivity contribution is -0.384. The number of pyridine rings is 1. The smallest absolute Gasteiger partial charge is 0.378 e. The highest BCUT2D eigenvalue weighted by Gasteiger charge is 2.34. The minimum absolute atomic E-state index is 0.0600. The largest absolute Gasteiger partial charge is 0.417 e. The third kappa shape index (κ3) is 7.84. The van der Waals surface area contributed by atoms with Crippen molar-refractivity contribution in [3.8, 4) is 11.3 Å². The Morgan fingerprint density at radius 2 is 1.70 bits per heavy atom. The van der Waals surface area contributed by atoms with Crippen LogP contribution in [0.15, 0.2) is 101 Å². The minimum Gasteiger partial charge on any atom is -0.378 e. The summed E-state index contributed by atoms with van der Waals surface area (Å²) in [5.74, 6) is -0.998. The lowest BCUT2D eigenvalue weighted by atomic mass is 9.96. The number of sulfonamides is 1. The van der Waals surface area contributed by atoms with Gasteiger partial charge in [-0.05, 0) is 74.5 Å². The van der Waals surface area contributed by atoms with E-state index in [9.17, 15) is 36.5 Å². The van der Waals surface area contributed by atoms with Crippen LogP contribution in [0.1, 0.15) is 28.8 Å². The number of alkyl halides is 3. The molecule has 0 spiro atoms. The fourth-order valence-electron chi connectivity index (χ4n) is 4.94. The molecule has 3 aromatic carbocycles. The van der Waals surface area contributed by atoms with Crippen molar-refractivity contribution >= 4 is 39.1 Å². The van der Waals surface area contributed by atoms with E-state index < -0.39 is 43.2 Å². The number of nitro groups is 1. The van der Waals surface area contributed by atoms with Gasteiger partial charge in [0.1, 0.15) is 5.69 Å². The highest BCUT2D eigenvalue weighted by molar-refractivity contribution is 8.00. The molecule has 5 rings (SSSR count). The molecule has 0 saturated carbocycles. The van der Waals surface area contributed by atoms with Crippen molar-refractivity contribution in [1.29, 1.82) is 0 Å². The highest BCUT2D eigenvalue weighted by Crippen LogP contribution is 2.40. The maximum atomic E-state index is 13.1. The van der Waals surface area contributed by atoms with Crippen molar-refractivity contribution in [2.24, 2.45) is 0 Å². The first-order chi connectivity index (χ1) is 21.9. The van der Waals surface area contributed by atoms with Crippen LogP contribution >= 0.6 is 11.8 Å². The third-order valence-electron chi connectivity index (χ3n) is 7.43. The number of nitrogens with one attached hydrogen (secondary N) is 3. The molecule has 10 nitrogen and oxygen atoms in total. The van der Waals surface area contributed by atoms with Gasteiger partial charge in [0, 0.05) is 39.6 Å². The lowest BCUT2D eigenvalue weighted by Gasteiger charge is -2.37. The Morgan fingerprint density at radius 3 is 2.30 bits per heavy atom. The summed E-state index contributed by atoms with van der Waals surface area (Å²) >= 11 is 1.70. The molecular formula is C31H28F3N5O5S2. The second-order valence-corrected chi connectivity index (χ2v) is 13.8. The van der Waals surface area contributed by atoms with E-state index in [1.807, 2.05) is 35.1 Å². The Hall–Kier alpha value is -4.47. The molecule has 1 aliphatic heterocycles. The zero-order valence-electron chi connectivity index (χ0n) is 24.1. The lowest BCUT2D eigenvalue weighted by Crippen LogP contribution is -2.44. The molecule has 0 bridgehead atoms. The van der Waals surface area contributed by atoms with Gasteiger partial charge in [-0.15, -0.1) is 11.8 Å². The van der Waals surface area contributed by atoms with Gasteiger partial charge >= 0.3 is 6.18 Å². The second-order valence-electron chi connectivity index (χ2n) is 10.6. The molecule has 3 N–H and O–H groups in total. The first-order valence-electron chi connectivity index (χ1n) is 14.0. The van der Waals surface area contributed by atoms with Gasteiger partial charge < -0.3 is 10.6 Å². The molecule has 1 saturated heterocycles. The monoisotopic (exact) mass is 671 g/mol. The Labute approximate surface area is 267 Å². The summed E-state index contributed by atoms with van der Waals surface area (Å²) in [5, 5.41) is 18.5. The van der Waals surface area contributed by atoms with Gasteiger partial charge in [-0.2, -0.15) is 13.2 Å². The molecule has 1 fully saturated rings. The van der Waals surface area contributed by atoms with E-state index in [0.29, 0.717) is 18.3 Å². The number of aromatic nitrogens is 1. The summed E-state index contributed by atoms with van der Waals surface area (Å²) in [6.07, 6.45) is -2.22. The van der Waals surface area contributed by atoms with E-state index in [-0.39, 0.29) is 21.7 Å². The summed E-state index contributed by atoms with van der Waals surface area (Å²) in [4.78, 5) is 28.5. The second kappa shape index (κ2) is 13.5. The molecule has 1 amide bonds. The number of hydrogen-bond donors (Lipinski definition) is 3. The molecule has 0 atom stereocenters. The summed E-state index contributed by atoms with van der Waals surface area (Å²) in [7, 11) is -4.51. The van der Waals surface area contributed by atoms with Crippen LogP contribution in [0.2, 0.25) is 0 Å². The van der Waals surface area contributed by atoms with Crippen molar-refractivity contribution in [3.05, 3.63) is 112 Å². The number of piperidine rings is 1. The van der Waals surface area contributed by atoms with Crippen LogP contribution in [0.3, 0.4) is 0 Å². The predicted octanol–water partition coefficient (Wildman–Crippen LogP) is 6.12. The van der Waals surface area contributed by atoms with Crippen LogP contribution in [0, 0.1) is 10.1 Å². The summed E-state index contributed by atoms with van der Waals surface area (Å²) < 4.78 is 66.3. The van der Waals surface area contributed by atoms with Gasteiger partial charge in [-0.1, -0.05) is 30.3 Å². The van der Waals surface area contributed by atoms with Crippen molar-refractivity contribution in [2.75, 3.05) is 25.0 Å². The fraction of sp³-hybridized carbons (Fsp3) is 0.226. The molecule has 0 unspecified atom stereocenters. The standard InChI is InChI=1S/C31H28F3N5O5S2/c32-31(33,34)23-10-12-26(36-19-23)21-6-8-22(9-7-21)29(40)38-46(43,44)25-11-13-27(28(18-25)39(41)42)37-20-30(14-16-35-17-15-30)45-24-4-2-1-3-5-24/h1-13,18-19,35,37H,14-17,20H2,(H,38,40). The first-order valence-corrected chi connectivity index (χ1v) is 16.3. The van der Waals surface area contributed by atoms with Crippen LogP contribution < -0.4 is 15.4 Å². The van der Waals surface area contributed by atoms with Crippen molar-refractivity contribution < 1.29 is 31.3 Å². The van der Waals surface area contributed by atoms with Gasteiger partial charge in [0.15, 0.2) is 0 Å². The number of hydrogen-bond acceptors (Lipinski definition) is 9. The van der Waals surface area contributed by atoms with Crippen molar-refractivity contribution in [1.82, 2.24) is 15.0 Å². The molecule has 240 valence electrons. The first kappa shape index (κ1) is 32.9. The van der Waals surface area contributed by atoms with Crippen molar-refractivity contribution in [2.45, 2.75) is 33.6 Å². The van der Waals surface area contributed by atoms with Gasteiger partial charge in [0.2, 0.25) is 0 Å². The maximum Gasteiger partial charge on any atom is 0.417 e. The molecular weight excluding hydrogens is 643 g/mol. The zero-order valence-corrected chi connectivity index (χ0v) is 25.7. The van der Waals surface area contributed by atoms with E-state index in [2.05, 4.69) is 15.6 Å². The van der Waals surface area contributed by atoms with Gasteiger partial charge in [-0.3, -0.25) is 19.9 Å². The van der Waals surface area contributed by atoms with Crippen LogP contribution in [0.25, 0.3) is 11.3 Å². The Kier molecular flexibility index (Phi) is 9.65. The fourth-order valence-corrected chi connectivity index (χ4v) is 7.28. The molecule has 1 aromatic heterocycles. The molecule has 0 aliphatic carbocycles. The number of nitrogens with zero attached hydrogens (tertiary/aromatic N) is 2. The highest BCUT2D eigenvalue weighted by atomic mass is 32.2.